The van der Waals surface area contributed by atoms with Crippen molar-refractivity contribution in [2.45, 2.75) is 25.3 Å². The molecule has 0 aliphatic carbocycles. The number of rotatable bonds is 2. The van der Waals surface area contributed by atoms with Crippen LogP contribution in [0.3, 0.4) is 0 Å². The topological polar surface area (TPSA) is 42.7 Å². The molecule has 1 aromatic rings. The van der Waals surface area contributed by atoms with E-state index in [-0.39, 0.29) is 0 Å². The van der Waals surface area contributed by atoms with Crippen molar-refractivity contribution in [3.05, 3.63) is 12.2 Å². The molecule has 1 saturated heterocycles. The summed E-state index contributed by atoms with van der Waals surface area (Å²) < 4.78 is 1.99. The van der Waals surface area contributed by atoms with E-state index in [1.54, 1.807) is 6.33 Å². The van der Waals surface area contributed by atoms with Crippen LogP contribution in [0.1, 0.15) is 18.7 Å². The second-order valence-corrected chi connectivity index (χ2v) is 3.36. The summed E-state index contributed by atoms with van der Waals surface area (Å²) in [4.78, 5) is 0. The zero-order valence-corrected chi connectivity index (χ0v) is 7.32. The third-order valence-corrected chi connectivity index (χ3v) is 2.40. The van der Waals surface area contributed by atoms with E-state index in [4.69, 9.17) is 0 Å². The lowest BCUT2D eigenvalue weighted by Gasteiger charge is -2.07. The molecule has 0 radical (unpaired) electrons. The maximum atomic E-state index is 4.05. The molecular formula is C8H14N4. The van der Waals surface area contributed by atoms with E-state index in [9.17, 15) is 0 Å². The summed E-state index contributed by atoms with van der Waals surface area (Å²) in [6, 6.07) is 0.618. The Bertz CT molecular complexity index is 249. The fourth-order valence-electron chi connectivity index (χ4n) is 1.64. The average molecular weight is 166 g/mol. The SMILES string of the molecule is Cn1cnnc1CC1CCCN1. The van der Waals surface area contributed by atoms with Crippen LogP contribution in [0.4, 0.5) is 0 Å². The molecule has 0 bridgehead atoms. The van der Waals surface area contributed by atoms with Crippen molar-refractivity contribution in [3.63, 3.8) is 0 Å². The number of hydrogen-bond acceptors (Lipinski definition) is 3. The van der Waals surface area contributed by atoms with Crippen molar-refractivity contribution < 1.29 is 0 Å². The quantitative estimate of drug-likeness (QED) is 0.678. The van der Waals surface area contributed by atoms with Gasteiger partial charge in [0.2, 0.25) is 0 Å². The minimum absolute atomic E-state index is 0.618. The van der Waals surface area contributed by atoms with Crippen LogP contribution in [0.5, 0.6) is 0 Å². The number of hydrogen-bond donors (Lipinski definition) is 1. The van der Waals surface area contributed by atoms with Gasteiger partial charge in [0.05, 0.1) is 0 Å². The molecule has 0 saturated carbocycles. The normalized spacial score (nSPS) is 23.2. The standard InChI is InChI=1S/C8H14N4/c1-12-6-10-11-8(12)5-7-3-2-4-9-7/h6-7,9H,2-5H2,1H3. The number of nitrogens with one attached hydrogen (secondary N) is 1. The molecule has 0 amide bonds. The zero-order valence-electron chi connectivity index (χ0n) is 7.32. The first kappa shape index (κ1) is 7.73. The van der Waals surface area contributed by atoms with Crippen molar-refractivity contribution in [3.8, 4) is 0 Å². The van der Waals surface area contributed by atoms with E-state index in [2.05, 4.69) is 15.5 Å². The lowest BCUT2D eigenvalue weighted by Crippen LogP contribution is -2.25. The van der Waals surface area contributed by atoms with Crippen LogP contribution >= 0.6 is 0 Å². The Labute approximate surface area is 72.0 Å². The summed E-state index contributed by atoms with van der Waals surface area (Å²) in [5, 5.41) is 11.3. The highest BCUT2D eigenvalue weighted by atomic mass is 15.2. The molecule has 1 aromatic heterocycles. The predicted molar refractivity (Wildman–Crippen MR) is 45.7 cm³/mol. The monoisotopic (exact) mass is 166 g/mol. The fraction of sp³-hybridized carbons (Fsp3) is 0.750. The molecule has 1 aliphatic rings. The zero-order chi connectivity index (χ0) is 8.39. The first-order valence-electron chi connectivity index (χ1n) is 4.42. The Kier molecular flexibility index (Phi) is 2.08. The fourth-order valence-corrected chi connectivity index (χ4v) is 1.64. The van der Waals surface area contributed by atoms with E-state index in [0.717, 1.165) is 18.8 Å². The molecule has 4 heteroatoms. The summed E-state index contributed by atoms with van der Waals surface area (Å²) in [7, 11) is 1.99. The van der Waals surface area contributed by atoms with E-state index >= 15 is 0 Å². The summed E-state index contributed by atoms with van der Waals surface area (Å²) in [5.41, 5.74) is 0. The van der Waals surface area contributed by atoms with Crippen LogP contribution in [0.25, 0.3) is 0 Å². The highest BCUT2D eigenvalue weighted by Crippen LogP contribution is 2.09. The van der Waals surface area contributed by atoms with Gasteiger partial charge in [-0.2, -0.15) is 0 Å². The Morgan fingerprint density at radius 2 is 2.67 bits per heavy atom. The van der Waals surface area contributed by atoms with Crippen LogP contribution in [-0.4, -0.2) is 27.4 Å². The van der Waals surface area contributed by atoms with Gasteiger partial charge in [0.1, 0.15) is 12.2 Å². The first-order valence-corrected chi connectivity index (χ1v) is 4.42. The van der Waals surface area contributed by atoms with Gasteiger partial charge in [0.25, 0.3) is 0 Å². The molecule has 1 atom stereocenters. The predicted octanol–water partition coefficient (Wildman–Crippen LogP) is 0.110. The summed E-state index contributed by atoms with van der Waals surface area (Å²) in [5.74, 6) is 1.08. The molecule has 0 aromatic carbocycles. The van der Waals surface area contributed by atoms with Crippen molar-refractivity contribution >= 4 is 0 Å². The summed E-state index contributed by atoms with van der Waals surface area (Å²) >= 11 is 0. The van der Waals surface area contributed by atoms with Crippen molar-refractivity contribution in [2.24, 2.45) is 7.05 Å². The molecule has 4 nitrogen and oxygen atoms in total. The molecule has 2 rings (SSSR count). The van der Waals surface area contributed by atoms with Gasteiger partial charge in [-0.15, -0.1) is 10.2 Å². The van der Waals surface area contributed by atoms with Gasteiger partial charge >= 0.3 is 0 Å². The maximum absolute atomic E-state index is 4.05. The molecule has 2 heterocycles. The molecule has 1 aliphatic heterocycles. The van der Waals surface area contributed by atoms with Gasteiger partial charge in [-0.05, 0) is 19.4 Å². The molecular weight excluding hydrogens is 152 g/mol. The summed E-state index contributed by atoms with van der Waals surface area (Å²) in [6.45, 7) is 1.16. The smallest absolute Gasteiger partial charge is 0.134 e. The van der Waals surface area contributed by atoms with Crippen LogP contribution < -0.4 is 5.32 Å². The number of aryl methyl sites for hydroxylation is 1. The molecule has 1 unspecified atom stereocenters. The van der Waals surface area contributed by atoms with Gasteiger partial charge < -0.3 is 9.88 Å². The lowest BCUT2D eigenvalue weighted by atomic mass is 10.1. The van der Waals surface area contributed by atoms with Crippen LogP contribution in [0.2, 0.25) is 0 Å². The van der Waals surface area contributed by atoms with Gasteiger partial charge in [0.15, 0.2) is 0 Å². The van der Waals surface area contributed by atoms with Crippen molar-refractivity contribution in [2.75, 3.05) is 6.54 Å². The Morgan fingerprint density at radius 1 is 1.75 bits per heavy atom. The first-order chi connectivity index (χ1) is 5.86. The van der Waals surface area contributed by atoms with Gasteiger partial charge in [-0.25, -0.2) is 0 Å². The highest BCUT2D eigenvalue weighted by molar-refractivity contribution is 4.91. The molecule has 1 N–H and O–H groups in total. The third-order valence-electron chi connectivity index (χ3n) is 2.40. The number of nitrogens with zero attached hydrogens (tertiary/aromatic N) is 3. The van der Waals surface area contributed by atoms with Crippen LogP contribution in [0, 0.1) is 0 Å². The van der Waals surface area contributed by atoms with E-state index in [1.165, 1.54) is 12.8 Å². The molecule has 66 valence electrons. The molecule has 0 spiro atoms. The van der Waals surface area contributed by atoms with Crippen molar-refractivity contribution in [1.29, 1.82) is 0 Å². The minimum atomic E-state index is 0.618. The summed E-state index contributed by atoms with van der Waals surface area (Å²) in [6.07, 6.45) is 5.33. The number of aromatic nitrogens is 3. The maximum Gasteiger partial charge on any atom is 0.134 e. The van der Waals surface area contributed by atoms with Crippen LogP contribution in [-0.2, 0) is 13.5 Å². The largest absolute Gasteiger partial charge is 0.321 e. The van der Waals surface area contributed by atoms with E-state index < -0.39 is 0 Å². The molecule has 12 heavy (non-hydrogen) atoms. The second kappa shape index (κ2) is 3.23. The Balaban J connectivity index is 1.98. The van der Waals surface area contributed by atoms with Crippen molar-refractivity contribution in [1.82, 2.24) is 20.1 Å². The van der Waals surface area contributed by atoms with Gasteiger partial charge in [0, 0.05) is 19.5 Å². The lowest BCUT2D eigenvalue weighted by molar-refractivity contribution is 0.572. The molecule has 1 fully saturated rings. The van der Waals surface area contributed by atoms with Gasteiger partial charge in [-0.3, -0.25) is 0 Å². The Hall–Kier alpha value is -0.900. The van der Waals surface area contributed by atoms with Gasteiger partial charge in [-0.1, -0.05) is 0 Å². The Morgan fingerprint density at radius 3 is 3.25 bits per heavy atom. The third kappa shape index (κ3) is 1.48. The van der Waals surface area contributed by atoms with E-state index in [0.29, 0.717) is 6.04 Å². The minimum Gasteiger partial charge on any atom is -0.321 e. The van der Waals surface area contributed by atoms with Crippen LogP contribution in [0.15, 0.2) is 6.33 Å². The highest BCUT2D eigenvalue weighted by Gasteiger charge is 2.16. The van der Waals surface area contributed by atoms with E-state index in [1.807, 2.05) is 11.6 Å². The average Bonchev–Trinajstić information content (AvgIpc) is 2.65. The second-order valence-electron chi connectivity index (χ2n) is 3.36.